The van der Waals surface area contributed by atoms with Gasteiger partial charge in [0, 0.05) is 11.6 Å². The third-order valence-electron chi connectivity index (χ3n) is 8.59. The molecule has 4 unspecified atom stereocenters. The molecule has 1 aliphatic carbocycles. The van der Waals surface area contributed by atoms with E-state index in [1.165, 1.54) is 14.0 Å². The van der Waals surface area contributed by atoms with E-state index in [2.05, 4.69) is 5.32 Å². The molecule has 0 aromatic heterocycles. The van der Waals surface area contributed by atoms with Crippen LogP contribution in [0, 0.1) is 17.8 Å². The van der Waals surface area contributed by atoms with Gasteiger partial charge in [0.15, 0.2) is 5.78 Å². The fourth-order valence-electron chi connectivity index (χ4n) is 6.65. The first-order valence-electron chi connectivity index (χ1n) is 13.4. The Bertz CT molecular complexity index is 1310. The summed E-state index contributed by atoms with van der Waals surface area (Å²) in [5.74, 6) is -4.78. The molecule has 204 valence electrons. The molecule has 0 radical (unpaired) electrons. The summed E-state index contributed by atoms with van der Waals surface area (Å²) in [7, 11) is 1.28. The molecule has 39 heavy (non-hydrogen) atoms. The fraction of sp³-hybridized carbons (Fsp3) is 0.433. The number of methoxy groups -OCH3 is 1. The van der Waals surface area contributed by atoms with Crippen LogP contribution in [0.2, 0.25) is 0 Å². The van der Waals surface area contributed by atoms with Crippen molar-refractivity contribution in [1.29, 1.82) is 0 Å². The number of carboxylic acid groups (broad SMARTS) is 1. The Morgan fingerprint density at radius 1 is 0.949 bits per heavy atom. The minimum absolute atomic E-state index is 0.121. The number of amides is 2. The molecule has 0 bridgehead atoms. The Morgan fingerprint density at radius 2 is 1.56 bits per heavy atom. The van der Waals surface area contributed by atoms with Crippen LogP contribution in [0.1, 0.15) is 77.8 Å². The lowest BCUT2D eigenvalue weighted by atomic mass is 9.72. The van der Waals surface area contributed by atoms with Gasteiger partial charge in [0.05, 0.1) is 30.2 Å². The second kappa shape index (κ2) is 10.4. The molecule has 3 fully saturated rings. The Morgan fingerprint density at radius 3 is 2.13 bits per heavy atom. The number of carboxylic acids is 1. The van der Waals surface area contributed by atoms with Crippen LogP contribution in [-0.2, 0) is 19.1 Å². The van der Waals surface area contributed by atoms with Crippen LogP contribution in [0.4, 0.5) is 5.69 Å². The van der Waals surface area contributed by atoms with Gasteiger partial charge in [-0.15, -0.1) is 0 Å². The zero-order valence-corrected chi connectivity index (χ0v) is 22.0. The first kappa shape index (κ1) is 26.7. The fourth-order valence-corrected chi connectivity index (χ4v) is 6.65. The quantitative estimate of drug-likeness (QED) is 0.312. The van der Waals surface area contributed by atoms with Crippen molar-refractivity contribution in [2.24, 2.45) is 17.8 Å². The molecule has 2 heterocycles. The van der Waals surface area contributed by atoms with Crippen molar-refractivity contribution in [3.05, 3.63) is 65.2 Å². The first-order valence-corrected chi connectivity index (χ1v) is 13.4. The summed E-state index contributed by atoms with van der Waals surface area (Å²) < 4.78 is 4.78. The van der Waals surface area contributed by atoms with Crippen molar-refractivity contribution < 1.29 is 33.8 Å². The Kier molecular flexibility index (Phi) is 7.11. The highest BCUT2D eigenvalue weighted by molar-refractivity contribution is 6.24. The molecule has 0 spiro atoms. The van der Waals surface area contributed by atoms with Crippen molar-refractivity contribution in [2.45, 2.75) is 57.0 Å². The average Bonchev–Trinajstić information content (AvgIpc) is 3.42. The summed E-state index contributed by atoms with van der Waals surface area (Å²) in [6.07, 6.45) is 5.13. The van der Waals surface area contributed by atoms with Gasteiger partial charge >= 0.3 is 11.9 Å². The Balaban J connectivity index is 1.58. The molecule has 1 saturated carbocycles. The van der Waals surface area contributed by atoms with E-state index in [-0.39, 0.29) is 18.1 Å². The van der Waals surface area contributed by atoms with Gasteiger partial charge in [-0.3, -0.25) is 24.5 Å². The lowest BCUT2D eigenvalue weighted by molar-refractivity contribution is -0.150. The van der Waals surface area contributed by atoms with E-state index in [0.717, 1.165) is 37.0 Å². The average molecular weight is 533 g/mol. The molecule has 2 amide bonds. The Hall–Kier alpha value is -3.85. The van der Waals surface area contributed by atoms with E-state index in [4.69, 9.17) is 4.74 Å². The van der Waals surface area contributed by atoms with Crippen LogP contribution in [0.3, 0.4) is 0 Å². The molecule has 9 nitrogen and oxygen atoms in total. The lowest BCUT2D eigenvalue weighted by Gasteiger charge is -2.35. The number of anilines is 1. The van der Waals surface area contributed by atoms with Gasteiger partial charge in [-0.1, -0.05) is 44.2 Å². The van der Waals surface area contributed by atoms with Gasteiger partial charge in [0.1, 0.15) is 5.54 Å². The predicted octanol–water partition coefficient (Wildman–Crippen LogP) is 3.92. The summed E-state index contributed by atoms with van der Waals surface area (Å²) in [6.45, 7) is 1.43. The number of aliphatic carboxylic acids is 1. The van der Waals surface area contributed by atoms with Crippen LogP contribution in [-0.4, -0.2) is 47.3 Å². The molecule has 4 atom stereocenters. The minimum atomic E-state index is -1.63. The minimum Gasteiger partial charge on any atom is -0.480 e. The maximum atomic E-state index is 14.0. The maximum Gasteiger partial charge on any atom is 0.337 e. The van der Waals surface area contributed by atoms with Crippen molar-refractivity contribution in [2.75, 3.05) is 12.0 Å². The normalized spacial score (nSPS) is 26.9. The molecule has 5 rings (SSSR count). The molecule has 2 aliphatic heterocycles. The first-order chi connectivity index (χ1) is 18.7. The van der Waals surface area contributed by atoms with Crippen LogP contribution >= 0.6 is 0 Å². The summed E-state index contributed by atoms with van der Waals surface area (Å²) in [4.78, 5) is 65.8. The van der Waals surface area contributed by atoms with Crippen LogP contribution in [0.15, 0.2) is 48.5 Å². The van der Waals surface area contributed by atoms with Crippen molar-refractivity contribution >= 4 is 35.2 Å². The summed E-state index contributed by atoms with van der Waals surface area (Å²) >= 11 is 0. The van der Waals surface area contributed by atoms with E-state index in [1.54, 1.807) is 48.5 Å². The summed E-state index contributed by atoms with van der Waals surface area (Å²) in [5.41, 5.74) is 0.0589. The number of nitrogens with zero attached hydrogens (tertiary/aromatic N) is 1. The SMILES string of the molecule is COC(=O)c1ccc(C2NC(CC3CCCCC3)(C(=O)O)C3C(=O)N(c4ccc(C(C)=O)cc4)C(=O)C23)cc1. The number of benzene rings is 2. The van der Waals surface area contributed by atoms with Crippen LogP contribution in [0.5, 0.6) is 0 Å². The number of esters is 1. The molecule has 2 aromatic rings. The zero-order valence-electron chi connectivity index (χ0n) is 22.0. The highest BCUT2D eigenvalue weighted by Gasteiger charge is 2.68. The number of carbonyl (C=O) groups excluding carboxylic acids is 4. The number of hydrogen-bond donors (Lipinski definition) is 2. The summed E-state index contributed by atoms with van der Waals surface area (Å²) in [6, 6.07) is 11.9. The van der Waals surface area contributed by atoms with Gasteiger partial charge < -0.3 is 9.84 Å². The molecule has 2 saturated heterocycles. The third-order valence-corrected chi connectivity index (χ3v) is 8.59. The zero-order chi connectivity index (χ0) is 27.9. The van der Waals surface area contributed by atoms with Crippen LogP contribution < -0.4 is 10.2 Å². The number of ketones is 1. The molecular formula is C30H32N2O7. The third kappa shape index (κ3) is 4.54. The van der Waals surface area contributed by atoms with Gasteiger partial charge in [0.25, 0.3) is 0 Å². The number of rotatable bonds is 7. The van der Waals surface area contributed by atoms with Gasteiger partial charge in [0.2, 0.25) is 11.8 Å². The van der Waals surface area contributed by atoms with E-state index in [9.17, 15) is 29.1 Å². The molecule has 3 aliphatic rings. The molecule has 9 heteroatoms. The number of fused-ring (bicyclic) bond motifs is 1. The highest BCUT2D eigenvalue weighted by atomic mass is 16.5. The highest BCUT2D eigenvalue weighted by Crippen LogP contribution is 2.52. The molecule has 2 N–H and O–H groups in total. The lowest BCUT2D eigenvalue weighted by Crippen LogP contribution is -2.57. The summed E-state index contributed by atoms with van der Waals surface area (Å²) in [5, 5.41) is 13.9. The van der Waals surface area contributed by atoms with E-state index < -0.39 is 47.2 Å². The van der Waals surface area contributed by atoms with Crippen molar-refractivity contribution in [1.82, 2.24) is 5.32 Å². The predicted molar refractivity (Wildman–Crippen MR) is 141 cm³/mol. The number of hydrogen-bond acceptors (Lipinski definition) is 7. The standard InChI is InChI=1S/C30H32N2O7/c1-17(33)19-12-14-22(15-13-19)32-26(34)23-24(27(32)35)30(29(37)38,16-18-6-4-3-5-7-18)31-25(23)20-8-10-21(11-9-20)28(36)39-2/h8-15,18,23-25,31H,3-7,16H2,1-2H3,(H,37,38). The second-order valence-corrected chi connectivity index (χ2v) is 10.8. The number of imide groups is 1. The number of Topliss-reactive ketones (excluding diaryl/α,β-unsaturated/α-hetero) is 1. The van der Waals surface area contributed by atoms with E-state index in [1.807, 2.05) is 0 Å². The number of nitrogens with one attached hydrogen (secondary N) is 1. The maximum absolute atomic E-state index is 14.0. The monoisotopic (exact) mass is 532 g/mol. The number of ether oxygens (including phenoxy) is 1. The van der Waals surface area contributed by atoms with Gasteiger partial charge in [-0.2, -0.15) is 0 Å². The van der Waals surface area contributed by atoms with Gasteiger partial charge in [-0.25, -0.2) is 9.69 Å². The van der Waals surface area contributed by atoms with Crippen molar-refractivity contribution in [3.8, 4) is 0 Å². The van der Waals surface area contributed by atoms with Crippen molar-refractivity contribution in [3.63, 3.8) is 0 Å². The smallest absolute Gasteiger partial charge is 0.337 e. The Labute approximate surface area is 226 Å². The molecular weight excluding hydrogens is 500 g/mol. The van der Waals surface area contributed by atoms with E-state index >= 15 is 0 Å². The van der Waals surface area contributed by atoms with Gasteiger partial charge in [-0.05, 0) is 61.2 Å². The van der Waals surface area contributed by atoms with E-state index in [0.29, 0.717) is 22.4 Å². The van der Waals surface area contributed by atoms with Crippen LogP contribution in [0.25, 0.3) is 0 Å². The molecule has 2 aromatic carbocycles. The largest absolute Gasteiger partial charge is 0.480 e. The number of carbonyl (C=O) groups is 5. The topological polar surface area (TPSA) is 130 Å². The second-order valence-electron chi connectivity index (χ2n) is 10.8.